The molecule has 1 aliphatic heterocycles. The van der Waals surface area contributed by atoms with Gasteiger partial charge in [-0.25, -0.2) is 9.67 Å². The molecular formula is C26H28N4O2S. The molecule has 6 nitrogen and oxygen atoms in total. The minimum Gasteiger partial charge on any atom is -0.493 e. The first-order chi connectivity index (χ1) is 16.1. The van der Waals surface area contributed by atoms with E-state index in [2.05, 4.69) is 18.9 Å². The minimum absolute atomic E-state index is 0.0611. The second-order valence-corrected chi connectivity index (χ2v) is 9.76. The first kappa shape index (κ1) is 21.6. The zero-order valence-corrected chi connectivity index (χ0v) is 19.8. The van der Waals surface area contributed by atoms with Gasteiger partial charge in [-0.1, -0.05) is 24.3 Å². The van der Waals surface area contributed by atoms with Crippen LogP contribution in [0.5, 0.6) is 5.75 Å². The number of ether oxygens (including phenoxy) is 1. The molecule has 0 radical (unpaired) electrons. The lowest BCUT2D eigenvalue weighted by Gasteiger charge is -2.32. The second kappa shape index (κ2) is 9.35. The van der Waals surface area contributed by atoms with Crippen LogP contribution in [-0.2, 0) is 0 Å². The second-order valence-electron chi connectivity index (χ2n) is 8.81. The number of rotatable bonds is 6. The van der Waals surface area contributed by atoms with Crippen LogP contribution in [0.1, 0.15) is 43.1 Å². The number of para-hydroxylation sites is 1. The molecule has 0 aliphatic carbocycles. The molecule has 0 bridgehead atoms. The smallest absolute Gasteiger partial charge is 0.254 e. The molecule has 4 heterocycles. The number of thiophene rings is 1. The van der Waals surface area contributed by atoms with E-state index < -0.39 is 0 Å². The zero-order chi connectivity index (χ0) is 22.8. The van der Waals surface area contributed by atoms with Crippen molar-refractivity contribution in [2.24, 2.45) is 5.92 Å². The van der Waals surface area contributed by atoms with Crippen molar-refractivity contribution < 1.29 is 9.53 Å². The van der Waals surface area contributed by atoms with Gasteiger partial charge in [-0.05, 0) is 62.3 Å². The molecule has 0 N–H and O–H groups in total. The fourth-order valence-corrected chi connectivity index (χ4v) is 5.01. The number of piperidine rings is 1. The number of pyridine rings is 1. The molecule has 1 fully saturated rings. The van der Waals surface area contributed by atoms with E-state index in [9.17, 15) is 4.79 Å². The number of benzene rings is 1. The van der Waals surface area contributed by atoms with Crippen LogP contribution in [0.4, 0.5) is 0 Å². The number of nitrogens with zero attached hydrogens (tertiary/aromatic N) is 4. The highest BCUT2D eigenvalue weighted by Crippen LogP contribution is 2.30. The molecule has 0 spiro atoms. The molecule has 1 saturated heterocycles. The maximum Gasteiger partial charge on any atom is 0.254 e. The number of hydrogen-bond acceptors (Lipinski definition) is 5. The van der Waals surface area contributed by atoms with Crippen LogP contribution >= 0.6 is 11.3 Å². The first-order valence-electron chi connectivity index (χ1n) is 11.5. The van der Waals surface area contributed by atoms with Crippen LogP contribution in [0.2, 0.25) is 0 Å². The molecular weight excluding hydrogens is 432 g/mol. The Hall–Kier alpha value is -3.19. The molecule has 7 heteroatoms. The van der Waals surface area contributed by atoms with E-state index in [1.165, 1.54) is 0 Å². The van der Waals surface area contributed by atoms with Crippen molar-refractivity contribution in [1.29, 1.82) is 0 Å². The molecule has 4 aromatic rings. The molecule has 33 heavy (non-hydrogen) atoms. The lowest BCUT2D eigenvalue weighted by atomic mass is 9.97. The number of hydrogen-bond donors (Lipinski definition) is 0. The highest BCUT2D eigenvalue weighted by atomic mass is 32.1. The van der Waals surface area contributed by atoms with Gasteiger partial charge >= 0.3 is 0 Å². The van der Waals surface area contributed by atoms with Crippen molar-refractivity contribution in [1.82, 2.24) is 19.7 Å². The van der Waals surface area contributed by atoms with E-state index >= 15 is 0 Å². The fraction of sp³-hybridized carbons (Fsp3) is 0.346. The van der Waals surface area contributed by atoms with Crippen LogP contribution in [-0.4, -0.2) is 45.3 Å². The van der Waals surface area contributed by atoms with E-state index in [-0.39, 0.29) is 11.9 Å². The van der Waals surface area contributed by atoms with Gasteiger partial charge in [-0.2, -0.15) is 5.10 Å². The third-order valence-corrected chi connectivity index (χ3v) is 7.08. The van der Waals surface area contributed by atoms with Gasteiger partial charge in [0, 0.05) is 19.1 Å². The lowest BCUT2D eigenvalue weighted by molar-refractivity contribution is 0.0663. The average molecular weight is 461 g/mol. The quantitative estimate of drug-likeness (QED) is 0.372. The Kier molecular flexibility index (Phi) is 6.13. The largest absolute Gasteiger partial charge is 0.493 e. The summed E-state index contributed by atoms with van der Waals surface area (Å²) < 4.78 is 7.84. The topological polar surface area (TPSA) is 60.2 Å². The maximum atomic E-state index is 13.6. The van der Waals surface area contributed by atoms with Crippen molar-refractivity contribution in [3.8, 4) is 16.3 Å². The number of carbonyl (C=O) groups is 1. The summed E-state index contributed by atoms with van der Waals surface area (Å²) in [7, 11) is 0. The summed E-state index contributed by atoms with van der Waals surface area (Å²) in [6.45, 7) is 6.32. The normalized spacial score (nSPS) is 14.8. The highest BCUT2D eigenvalue weighted by molar-refractivity contribution is 7.13. The summed E-state index contributed by atoms with van der Waals surface area (Å²) in [5.74, 6) is 1.42. The number of aromatic nitrogens is 3. The third-order valence-electron chi connectivity index (χ3n) is 6.19. The van der Waals surface area contributed by atoms with Crippen molar-refractivity contribution in [3.63, 3.8) is 0 Å². The van der Waals surface area contributed by atoms with E-state index in [1.807, 2.05) is 63.5 Å². The van der Waals surface area contributed by atoms with Gasteiger partial charge in [-0.15, -0.1) is 11.3 Å². The average Bonchev–Trinajstić information content (AvgIpc) is 3.53. The summed E-state index contributed by atoms with van der Waals surface area (Å²) in [4.78, 5) is 21.5. The van der Waals surface area contributed by atoms with Crippen molar-refractivity contribution >= 4 is 28.3 Å². The summed E-state index contributed by atoms with van der Waals surface area (Å²) in [6, 6.07) is 16.1. The van der Waals surface area contributed by atoms with E-state index in [1.54, 1.807) is 17.5 Å². The summed E-state index contributed by atoms with van der Waals surface area (Å²) >= 11 is 1.63. The fourth-order valence-electron chi connectivity index (χ4n) is 4.33. The van der Waals surface area contributed by atoms with Gasteiger partial charge in [0.2, 0.25) is 0 Å². The number of likely N-dealkylation sites (tertiary alicyclic amines) is 1. The summed E-state index contributed by atoms with van der Waals surface area (Å²) in [6.07, 6.45) is 3.67. The maximum absolute atomic E-state index is 13.6. The Morgan fingerprint density at radius 1 is 1.15 bits per heavy atom. The van der Waals surface area contributed by atoms with Gasteiger partial charge in [0.25, 0.3) is 5.91 Å². The van der Waals surface area contributed by atoms with E-state index in [4.69, 9.17) is 9.72 Å². The van der Waals surface area contributed by atoms with Gasteiger partial charge in [0.05, 0.1) is 34.3 Å². The van der Waals surface area contributed by atoms with Crippen molar-refractivity contribution in [2.45, 2.75) is 32.7 Å². The zero-order valence-electron chi connectivity index (χ0n) is 19.0. The molecule has 170 valence electrons. The third kappa shape index (κ3) is 4.50. The van der Waals surface area contributed by atoms with Crippen LogP contribution in [0.15, 0.2) is 60.1 Å². The molecule has 1 aliphatic rings. The monoisotopic (exact) mass is 460 g/mol. The Morgan fingerprint density at radius 2 is 1.94 bits per heavy atom. The molecule has 1 aromatic carbocycles. The lowest BCUT2D eigenvalue weighted by Crippen LogP contribution is -2.39. The predicted octanol–water partition coefficient (Wildman–Crippen LogP) is 5.67. The molecule has 1 amide bonds. The van der Waals surface area contributed by atoms with Crippen LogP contribution in [0.25, 0.3) is 21.6 Å². The Morgan fingerprint density at radius 3 is 2.64 bits per heavy atom. The van der Waals surface area contributed by atoms with Crippen molar-refractivity contribution in [3.05, 3.63) is 65.7 Å². The van der Waals surface area contributed by atoms with Gasteiger partial charge in [0.1, 0.15) is 5.75 Å². The minimum atomic E-state index is 0.0611. The molecule has 0 atom stereocenters. The predicted molar refractivity (Wildman–Crippen MR) is 132 cm³/mol. The van der Waals surface area contributed by atoms with Crippen LogP contribution < -0.4 is 4.74 Å². The molecule has 3 aromatic heterocycles. The number of amides is 1. The van der Waals surface area contributed by atoms with Crippen molar-refractivity contribution in [2.75, 3.05) is 19.7 Å². The van der Waals surface area contributed by atoms with E-state index in [0.717, 1.165) is 53.3 Å². The van der Waals surface area contributed by atoms with Gasteiger partial charge in [0.15, 0.2) is 5.65 Å². The van der Waals surface area contributed by atoms with Gasteiger partial charge < -0.3 is 9.64 Å². The molecule has 0 unspecified atom stereocenters. The Labute approximate surface area is 197 Å². The SMILES string of the molecule is CC(C)n1ncc2c(C(=O)N3CCC(COc4ccccc4)CC3)cc(-c3cccs3)nc21. The standard InChI is InChI=1S/C26H28N4O2S/c1-18(2)30-25-22(16-27-30)21(15-23(28-25)24-9-6-14-33-24)26(31)29-12-10-19(11-13-29)17-32-20-7-4-3-5-8-20/h3-9,14-16,18-19H,10-13,17H2,1-2H3. The summed E-state index contributed by atoms with van der Waals surface area (Å²) in [5, 5.41) is 7.40. The number of carbonyl (C=O) groups excluding carboxylic acids is 1. The Balaban J connectivity index is 1.35. The summed E-state index contributed by atoms with van der Waals surface area (Å²) in [5.41, 5.74) is 2.29. The first-order valence-corrected chi connectivity index (χ1v) is 12.4. The Bertz CT molecular complexity index is 1230. The highest BCUT2D eigenvalue weighted by Gasteiger charge is 2.27. The molecule has 5 rings (SSSR count). The molecule has 0 saturated carbocycles. The van der Waals surface area contributed by atoms with E-state index in [0.29, 0.717) is 18.1 Å². The number of fused-ring (bicyclic) bond motifs is 1. The van der Waals surface area contributed by atoms with Gasteiger partial charge in [-0.3, -0.25) is 4.79 Å². The van der Waals surface area contributed by atoms with Crippen LogP contribution in [0.3, 0.4) is 0 Å². The van der Waals surface area contributed by atoms with Crippen LogP contribution in [0, 0.1) is 5.92 Å².